The van der Waals surface area contributed by atoms with Crippen molar-refractivity contribution in [3.05, 3.63) is 0 Å². The summed E-state index contributed by atoms with van der Waals surface area (Å²) < 4.78 is 5.66. The molecule has 0 aromatic carbocycles. The van der Waals surface area contributed by atoms with E-state index in [0.717, 1.165) is 25.4 Å². The highest BCUT2D eigenvalue weighted by Crippen LogP contribution is 2.13. The number of nitrogens with one attached hydrogen (secondary N) is 1. The minimum Gasteiger partial charge on any atom is -0.377 e. The fraction of sp³-hybridized carbons (Fsp3) is 1.00. The smallest absolute Gasteiger partial charge is 0.0738 e. The average molecular weight is 216 g/mol. The Balaban J connectivity index is 3.86. The van der Waals surface area contributed by atoms with Gasteiger partial charge in [-0.3, -0.25) is 11.3 Å². The Morgan fingerprint density at radius 3 is 2.27 bits per heavy atom. The minimum atomic E-state index is 0.257. The summed E-state index contributed by atoms with van der Waals surface area (Å²) in [5, 5.41) is 0. The molecule has 0 saturated heterocycles. The van der Waals surface area contributed by atoms with Gasteiger partial charge in [-0.05, 0) is 25.7 Å². The van der Waals surface area contributed by atoms with E-state index in [2.05, 4.69) is 26.2 Å². The molecule has 0 saturated carbocycles. The first-order valence-electron chi connectivity index (χ1n) is 6.23. The Kier molecular flexibility index (Phi) is 9.06. The molecule has 3 N–H and O–H groups in total. The van der Waals surface area contributed by atoms with Crippen molar-refractivity contribution in [2.75, 3.05) is 6.61 Å². The second-order valence-electron chi connectivity index (χ2n) is 4.50. The zero-order valence-electron chi connectivity index (χ0n) is 10.8. The maximum atomic E-state index is 5.66. The van der Waals surface area contributed by atoms with Gasteiger partial charge < -0.3 is 4.74 Å². The van der Waals surface area contributed by atoms with E-state index in [1.807, 2.05) is 6.92 Å². The van der Waals surface area contributed by atoms with Gasteiger partial charge in [0.1, 0.15) is 0 Å². The van der Waals surface area contributed by atoms with Gasteiger partial charge in [0.2, 0.25) is 0 Å². The summed E-state index contributed by atoms with van der Waals surface area (Å²) in [6.45, 7) is 9.45. The van der Waals surface area contributed by atoms with Gasteiger partial charge in [0, 0.05) is 12.6 Å². The summed E-state index contributed by atoms with van der Waals surface area (Å²) in [4.78, 5) is 0. The molecule has 3 heteroatoms. The summed E-state index contributed by atoms with van der Waals surface area (Å²) in [5.74, 6) is 6.34. The van der Waals surface area contributed by atoms with Crippen LogP contribution in [0.4, 0.5) is 0 Å². The standard InChI is InChI=1S/C12H28N2O/c1-5-12(15-6-2)11(14-13)9-7-8-10(3)4/h10-12,14H,5-9,13H2,1-4H3. The highest BCUT2D eigenvalue weighted by Gasteiger charge is 2.18. The van der Waals surface area contributed by atoms with Gasteiger partial charge in [-0.25, -0.2) is 0 Å². The number of ether oxygens (including phenoxy) is 1. The lowest BCUT2D eigenvalue weighted by Crippen LogP contribution is -2.45. The van der Waals surface area contributed by atoms with Gasteiger partial charge in [-0.2, -0.15) is 0 Å². The van der Waals surface area contributed by atoms with E-state index >= 15 is 0 Å². The summed E-state index contributed by atoms with van der Waals surface area (Å²) in [5.41, 5.74) is 2.89. The third-order valence-electron chi connectivity index (χ3n) is 2.74. The number of hydrazine groups is 1. The van der Waals surface area contributed by atoms with Gasteiger partial charge in [-0.15, -0.1) is 0 Å². The van der Waals surface area contributed by atoms with E-state index in [4.69, 9.17) is 10.6 Å². The monoisotopic (exact) mass is 216 g/mol. The molecule has 0 aromatic rings. The molecule has 0 aliphatic heterocycles. The molecule has 0 aromatic heterocycles. The van der Waals surface area contributed by atoms with Crippen LogP contribution in [0.15, 0.2) is 0 Å². The summed E-state index contributed by atoms with van der Waals surface area (Å²) in [6, 6.07) is 0.300. The molecule has 15 heavy (non-hydrogen) atoms. The normalized spacial score (nSPS) is 15.6. The second-order valence-corrected chi connectivity index (χ2v) is 4.50. The van der Waals surface area contributed by atoms with Crippen LogP contribution >= 0.6 is 0 Å². The van der Waals surface area contributed by atoms with Crippen LogP contribution < -0.4 is 11.3 Å². The first-order chi connectivity index (χ1) is 7.15. The number of hydrogen-bond donors (Lipinski definition) is 2. The molecule has 3 nitrogen and oxygen atoms in total. The van der Waals surface area contributed by atoms with E-state index in [9.17, 15) is 0 Å². The van der Waals surface area contributed by atoms with Crippen molar-refractivity contribution >= 4 is 0 Å². The first kappa shape index (κ1) is 14.9. The third-order valence-corrected chi connectivity index (χ3v) is 2.74. The highest BCUT2D eigenvalue weighted by atomic mass is 16.5. The predicted molar refractivity (Wildman–Crippen MR) is 65.5 cm³/mol. The van der Waals surface area contributed by atoms with Crippen molar-refractivity contribution in [2.45, 2.75) is 65.5 Å². The number of nitrogens with two attached hydrogens (primary N) is 1. The zero-order chi connectivity index (χ0) is 11.7. The van der Waals surface area contributed by atoms with Crippen molar-refractivity contribution in [1.29, 1.82) is 0 Å². The first-order valence-corrected chi connectivity index (χ1v) is 6.23. The molecule has 0 spiro atoms. The molecule has 0 amide bonds. The second kappa shape index (κ2) is 9.13. The van der Waals surface area contributed by atoms with Crippen LogP contribution in [0.5, 0.6) is 0 Å². The van der Waals surface area contributed by atoms with Crippen molar-refractivity contribution in [1.82, 2.24) is 5.43 Å². The lowest BCUT2D eigenvalue weighted by Gasteiger charge is -2.25. The van der Waals surface area contributed by atoms with Crippen LogP contribution in [-0.2, 0) is 4.74 Å². The Morgan fingerprint density at radius 1 is 1.20 bits per heavy atom. The summed E-state index contributed by atoms with van der Waals surface area (Å²) >= 11 is 0. The Morgan fingerprint density at radius 2 is 1.87 bits per heavy atom. The van der Waals surface area contributed by atoms with Crippen LogP contribution in [0.2, 0.25) is 0 Å². The fourth-order valence-electron chi connectivity index (χ4n) is 1.86. The molecular formula is C12H28N2O. The SMILES string of the molecule is CCOC(CC)C(CCCC(C)C)NN. The quantitative estimate of drug-likeness (QED) is 0.460. The molecule has 0 heterocycles. The maximum absolute atomic E-state index is 5.66. The largest absolute Gasteiger partial charge is 0.377 e. The summed E-state index contributed by atoms with van der Waals surface area (Å²) in [7, 11) is 0. The zero-order valence-corrected chi connectivity index (χ0v) is 10.8. The van der Waals surface area contributed by atoms with Crippen molar-refractivity contribution in [2.24, 2.45) is 11.8 Å². The number of rotatable bonds is 9. The van der Waals surface area contributed by atoms with Gasteiger partial charge >= 0.3 is 0 Å². The molecule has 0 bridgehead atoms. The molecule has 2 atom stereocenters. The molecule has 2 unspecified atom stereocenters. The van der Waals surface area contributed by atoms with E-state index in [1.165, 1.54) is 12.8 Å². The lowest BCUT2D eigenvalue weighted by molar-refractivity contribution is 0.0288. The average Bonchev–Trinajstić information content (AvgIpc) is 2.21. The molecule has 92 valence electrons. The Bertz CT molecular complexity index is 140. The molecule has 0 aliphatic rings. The van der Waals surface area contributed by atoms with E-state index in [-0.39, 0.29) is 6.10 Å². The van der Waals surface area contributed by atoms with Crippen molar-refractivity contribution in [3.8, 4) is 0 Å². The van der Waals surface area contributed by atoms with Crippen LogP contribution in [0.25, 0.3) is 0 Å². The van der Waals surface area contributed by atoms with Gasteiger partial charge in [-0.1, -0.05) is 33.6 Å². The van der Waals surface area contributed by atoms with Crippen molar-refractivity contribution < 1.29 is 4.74 Å². The van der Waals surface area contributed by atoms with Crippen LogP contribution in [0.1, 0.15) is 53.4 Å². The molecule has 0 fully saturated rings. The third kappa shape index (κ3) is 6.88. The molecule has 0 rings (SSSR count). The van der Waals surface area contributed by atoms with Gasteiger partial charge in [0.05, 0.1) is 6.10 Å². The van der Waals surface area contributed by atoms with Gasteiger partial charge in [0.25, 0.3) is 0 Å². The van der Waals surface area contributed by atoms with Crippen LogP contribution in [0.3, 0.4) is 0 Å². The van der Waals surface area contributed by atoms with Crippen LogP contribution in [-0.4, -0.2) is 18.8 Å². The lowest BCUT2D eigenvalue weighted by atomic mass is 9.99. The Labute approximate surface area is 94.7 Å². The van der Waals surface area contributed by atoms with E-state index in [0.29, 0.717) is 6.04 Å². The molecule has 0 aliphatic carbocycles. The highest BCUT2D eigenvalue weighted by molar-refractivity contribution is 4.74. The number of hydrogen-bond acceptors (Lipinski definition) is 3. The topological polar surface area (TPSA) is 47.3 Å². The maximum Gasteiger partial charge on any atom is 0.0738 e. The van der Waals surface area contributed by atoms with E-state index < -0.39 is 0 Å². The fourth-order valence-corrected chi connectivity index (χ4v) is 1.86. The van der Waals surface area contributed by atoms with Crippen molar-refractivity contribution in [3.63, 3.8) is 0 Å². The summed E-state index contributed by atoms with van der Waals surface area (Å²) in [6.07, 6.45) is 4.86. The van der Waals surface area contributed by atoms with Crippen LogP contribution in [0, 0.1) is 5.92 Å². The minimum absolute atomic E-state index is 0.257. The van der Waals surface area contributed by atoms with E-state index in [1.54, 1.807) is 0 Å². The van der Waals surface area contributed by atoms with Gasteiger partial charge in [0.15, 0.2) is 0 Å². The molecule has 0 radical (unpaired) electrons. The predicted octanol–water partition coefficient (Wildman–Crippen LogP) is 2.46. The Hall–Kier alpha value is -0.120. The molecular weight excluding hydrogens is 188 g/mol.